The Morgan fingerprint density at radius 1 is 1.40 bits per heavy atom. The first kappa shape index (κ1) is 14.8. The number of nitrogen functional groups attached to an aromatic ring is 1. The monoisotopic (exact) mass is 306 g/mol. The van der Waals surface area contributed by atoms with Crippen LogP contribution in [0.1, 0.15) is 17.7 Å². The maximum Gasteiger partial charge on any atom is 0.389 e. The molecule has 0 saturated carbocycles. The number of fused-ring (bicyclic) bond motifs is 1. The van der Waals surface area contributed by atoms with Crippen LogP contribution in [0.5, 0.6) is 5.88 Å². The fourth-order valence-electron chi connectivity index (χ4n) is 1.63. The van der Waals surface area contributed by atoms with Crippen molar-refractivity contribution in [2.45, 2.75) is 25.9 Å². The molecule has 0 radical (unpaired) electrons. The number of ether oxygens (including phenoxy) is 1. The Labute approximate surface area is 116 Å². The molecule has 2 aromatic heterocycles. The molecule has 0 aliphatic rings. The molecule has 0 spiro atoms. The minimum absolute atomic E-state index is 0.0650. The molecule has 0 bridgehead atoms. The number of rotatable bonds is 5. The standard InChI is InChI=1S/C11H13F3N4OS/c1-6-5-7-8(19-4-2-3-11(12,13)14)16-10(18-15)17-9(7)20-6/h5H,2-4,15H2,1H3,(H,16,17,18). The summed E-state index contributed by atoms with van der Waals surface area (Å²) in [5, 5.41) is 0.679. The van der Waals surface area contributed by atoms with E-state index in [1.54, 1.807) is 0 Å². The summed E-state index contributed by atoms with van der Waals surface area (Å²) in [5.74, 6) is 5.67. The van der Waals surface area contributed by atoms with E-state index in [1.807, 2.05) is 13.0 Å². The van der Waals surface area contributed by atoms with Gasteiger partial charge in [-0.1, -0.05) is 0 Å². The second kappa shape index (κ2) is 5.80. The molecular formula is C11H13F3N4OS. The fourth-order valence-corrected chi connectivity index (χ4v) is 2.50. The van der Waals surface area contributed by atoms with Crippen molar-refractivity contribution in [3.63, 3.8) is 0 Å². The van der Waals surface area contributed by atoms with Crippen LogP contribution in [-0.4, -0.2) is 22.8 Å². The average molecular weight is 306 g/mol. The minimum atomic E-state index is -4.17. The normalized spacial score (nSPS) is 11.8. The first-order chi connectivity index (χ1) is 9.39. The van der Waals surface area contributed by atoms with E-state index in [4.69, 9.17) is 10.6 Å². The van der Waals surface area contributed by atoms with Gasteiger partial charge in [-0.05, 0) is 19.4 Å². The predicted molar refractivity (Wildman–Crippen MR) is 70.7 cm³/mol. The number of thiophene rings is 1. The van der Waals surface area contributed by atoms with Crippen LogP contribution in [0.2, 0.25) is 0 Å². The van der Waals surface area contributed by atoms with Gasteiger partial charge in [0.25, 0.3) is 0 Å². The molecule has 0 fully saturated rings. The van der Waals surface area contributed by atoms with Crippen LogP contribution < -0.4 is 16.0 Å². The third kappa shape index (κ3) is 3.70. The molecule has 20 heavy (non-hydrogen) atoms. The molecule has 0 atom stereocenters. The number of hydrogen-bond acceptors (Lipinski definition) is 6. The van der Waals surface area contributed by atoms with Crippen LogP contribution in [0, 0.1) is 6.92 Å². The Morgan fingerprint density at radius 2 is 2.15 bits per heavy atom. The molecule has 5 nitrogen and oxygen atoms in total. The Bertz CT molecular complexity index is 599. The molecule has 2 aromatic rings. The van der Waals surface area contributed by atoms with Gasteiger partial charge in [0.1, 0.15) is 4.83 Å². The highest BCUT2D eigenvalue weighted by molar-refractivity contribution is 7.18. The van der Waals surface area contributed by atoms with Gasteiger partial charge in [0.15, 0.2) is 0 Å². The molecule has 0 aromatic carbocycles. The number of nitrogens with two attached hydrogens (primary N) is 1. The van der Waals surface area contributed by atoms with E-state index in [1.165, 1.54) is 11.3 Å². The molecule has 110 valence electrons. The number of alkyl halides is 3. The molecule has 9 heteroatoms. The van der Waals surface area contributed by atoms with Crippen molar-refractivity contribution >= 4 is 27.5 Å². The van der Waals surface area contributed by atoms with Crippen molar-refractivity contribution in [1.82, 2.24) is 9.97 Å². The second-order valence-electron chi connectivity index (χ2n) is 4.14. The van der Waals surface area contributed by atoms with Crippen LogP contribution in [-0.2, 0) is 0 Å². The fraction of sp³-hybridized carbons (Fsp3) is 0.455. The minimum Gasteiger partial charge on any atom is -0.477 e. The Kier molecular flexibility index (Phi) is 4.29. The summed E-state index contributed by atoms with van der Waals surface area (Å²) in [4.78, 5) is 9.86. The van der Waals surface area contributed by atoms with Crippen molar-refractivity contribution in [2.24, 2.45) is 5.84 Å². The highest BCUT2D eigenvalue weighted by Gasteiger charge is 2.26. The lowest BCUT2D eigenvalue weighted by Gasteiger charge is -2.09. The number of nitrogens with one attached hydrogen (secondary N) is 1. The van der Waals surface area contributed by atoms with Crippen molar-refractivity contribution in [1.29, 1.82) is 0 Å². The quantitative estimate of drug-likeness (QED) is 0.505. The highest BCUT2D eigenvalue weighted by Crippen LogP contribution is 2.31. The molecule has 3 N–H and O–H groups in total. The molecule has 0 unspecified atom stereocenters. The first-order valence-corrected chi connectivity index (χ1v) is 6.65. The van der Waals surface area contributed by atoms with Gasteiger partial charge in [0.2, 0.25) is 11.8 Å². The molecule has 2 heterocycles. The summed E-state index contributed by atoms with van der Waals surface area (Å²) < 4.78 is 41.5. The maximum atomic E-state index is 12.1. The van der Waals surface area contributed by atoms with Crippen LogP contribution in [0.3, 0.4) is 0 Å². The number of aryl methyl sites for hydroxylation is 1. The van der Waals surface area contributed by atoms with Crippen molar-refractivity contribution in [3.05, 3.63) is 10.9 Å². The zero-order valence-corrected chi connectivity index (χ0v) is 11.4. The second-order valence-corrected chi connectivity index (χ2v) is 5.37. The van der Waals surface area contributed by atoms with Crippen LogP contribution in [0.25, 0.3) is 10.2 Å². The van der Waals surface area contributed by atoms with Gasteiger partial charge in [-0.3, -0.25) is 5.43 Å². The lowest BCUT2D eigenvalue weighted by molar-refractivity contribution is -0.136. The summed E-state index contributed by atoms with van der Waals surface area (Å²) in [7, 11) is 0. The van der Waals surface area contributed by atoms with Crippen LogP contribution >= 0.6 is 11.3 Å². The number of hydrogen-bond donors (Lipinski definition) is 2. The number of hydrazine groups is 1. The van der Waals surface area contributed by atoms with Gasteiger partial charge in [-0.2, -0.15) is 18.2 Å². The van der Waals surface area contributed by atoms with E-state index in [2.05, 4.69) is 15.4 Å². The summed E-state index contributed by atoms with van der Waals surface area (Å²) in [6.07, 6.45) is -5.18. The van der Waals surface area contributed by atoms with Gasteiger partial charge in [0, 0.05) is 11.3 Å². The number of anilines is 1. The van der Waals surface area contributed by atoms with E-state index in [0.717, 1.165) is 4.88 Å². The number of aromatic nitrogens is 2. The Hall–Kier alpha value is -1.61. The van der Waals surface area contributed by atoms with Crippen molar-refractivity contribution < 1.29 is 17.9 Å². The number of halogens is 3. The van der Waals surface area contributed by atoms with Crippen molar-refractivity contribution in [2.75, 3.05) is 12.0 Å². The maximum absolute atomic E-state index is 12.1. The SMILES string of the molecule is Cc1cc2c(OCCCC(F)(F)F)nc(NN)nc2s1. The summed E-state index contributed by atoms with van der Waals surface area (Å²) in [5.41, 5.74) is 2.31. The van der Waals surface area contributed by atoms with E-state index in [0.29, 0.717) is 10.2 Å². The van der Waals surface area contributed by atoms with Gasteiger partial charge >= 0.3 is 6.18 Å². The first-order valence-electron chi connectivity index (χ1n) is 5.83. The zero-order chi connectivity index (χ0) is 14.8. The molecule has 0 amide bonds. The molecule has 2 rings (SSSR count). The van der Waals surface area contributed by atoms with Gasteiger partial charge in [0.05, 0.1) is 12.0 Å². The Balaban J connectivity index is 2.12. The highest BCUT2D eigenvalue weighted by atomic mass is 32.1. The van der Waals surface area contributed by atoms with Crippen molar-refractivity contribution in [3.8, 4) is 5.88 Å². The van der Waals surface area contributed by atoms with E-state index < -0.39 is 12.6 Å². The molecule has 0 aliphatic heterocycles. The molecule has 0 saturated heterocycles. The van der Waals surface area contributed by atoms with Gasteiger partial charge < -0.3 is 4.74 Å². The van der Waals surface area contributed by atoms with Gasteiger partial charge in [-0.15, -0.1) is 11.3 Å². The predicted octanol–water partition coefficient (Wildman–Crippen LogP) is 3.01. The van der Waals surface area contributed by atoms with E-state index >= 15 is 0 Å². The summed E-state index contributed by atoms with van der Waals surface area (Å²) in [6, 6.07) is 1.83. The lowest BCUT2D eigenvalue weighted by Crippen LogP contribution is -2.12. The van der Waals surface area contributed by atoms with Gasteiger partial charge in [-0.25, -0.2) is 10.8 Å². The van der Waals surface area contributed by atoms with E-state index in [9.17, 15) is 13.2 Å². The smallest absolute Gasteiger partial charge is 0.389 e. The van der Waals surface area contributed by atoms with E-state index in [-0.39, 0.29) is 24.9 Å². The Morgan fingerprint density at radius 3 is 2.80 bits per heavy atom. The zero-order valence-electron chi connectivity index (χ0n) is 10.6. The lowest BCUT2D eigenvalue weighted by atomic mass is 10.3. The average Bonchev–Trinajstić information content (AvgIpc) is 2.73. The molecule has 0 aliphatic carbocycles. The third-order valence-electron chi connectivity index (χ3n) is 2.45. The molecular weight excluding hydrogens is 293 g/mol. The topological polar surface area (TPSA) is 73.1 Å². The summed E-state index contributed by atoms with van der Waals surface area (Å²) >= 11 is 1.43. The largest absolute Gasteiger partial charge is 0.477 e. The number of nitrogens with zero attached hydrogens (tertiary/aromatic N) is 2. The van der Waals surface area contributed by atoms with Crippen LogP contribution in [0.15, 0.2) is 6.07 Å². The van der Waals surface area contributed by atoms with Crippen LogP contribution in [0.4, 0.5) is 19.1 Å². The third-order valence-corrected chi connectivity index (χ3v) is 3.40. The summed E-state index contributed by atoms with van der Waals surface area (Å²) in [6.45, 7) is 1.83.